The van der Waals surface area contributed by atoms with Gasteiger partial charge in [-0.15, -0.1) is 0 Å². The molecule has 0 aliphatic heterocycles. The highest BCUT2D eigenvalue weighted by Crippen LogP contribution is 2.25. The van der Waals surface area contributed by atoms with Crippen molar-refractivity contribution in [2.45, 2.75) is 26.3 Å². The van der Waals surface area contributed by atoms with Crippen LogP contribution in [0.25, 0.3) is 0 Å². The van der Waals surface area contributed by atoms with Crippen LogP contribution in [0.4, 0.5) is 4.39 Å². The Hall–Kier alpha value is -0.160. The Morgan fingerprint density at radius 3 is 2.78 bits per heavy atom. The van der Waals surface area contributed by atoms with E-state index in [4.69, 9.17) is 16.3 Å². The van der Waals surface area contributed by atoms with Crippen LogP contribution in [0, 0.1) is 5.82 Å². The Kier molecular flexibility index (Phi) is 7.15. The number of halogens is 3. The van der Waals surface area contributed by atoms with E-state index < -0.39 is 0 Å². The van der Waals surface area contributed by atoms with E-state index in [9.17, 15) is 4.39 Å². The van der Waals surface area contributed by atoms with Gasteiger partial charge < -0.3 is 10.1 Å². The average Bonchev–Trinajstić information content (AvgIpc) is 2.29. The Morgan fingerprint density at radius 1 is 1.39 bits per heavy atom. The molecule has 1 rings (SSSR count). The second-order valence-electron chi connectivity index (χ2n) is 4.33. The van der Waals surface area contributed by atoms with Gasteiger partial charge in [0.05, 0.1) is 18.2 Å². The second kappa shape index (κ2) is 8.10. The smallest absolute Gasteiger partial charge is 0.127 e. The molecule has 0 saturated heterocycles. The van der Waals surface area contributed by atoms with Gasteiger partial charge in [0.15, 0.2) is 0 Å². The molecule has 0 unspecified atom stereocenters. The van der Waals surface area contributed by atoms with Crippen LogP contribution in [0.2, 0.25) is 5.02 Å². The first-order valence-corrected chi connectivity index (χ1v) is 7.12. The van der Waals surface area contributed by atoms with Gasteiger partial charge in [-0.1, -0.05) is 25.4 Å². The average molecular weight is 339 g/mol. The van der Waals surface area contributed by atoms with E-state index in [2.05, 4.69) is 35.1 Å². The monoisotopic (exact) mass is 337 g/mol. The van der Waals surface area contributed by atoms with Gasteiger partial charge >= 0.3 is 0 Å². The van der Waals surface area contributed by atoms with Gasteiger partial charge in [-0.05, 0) is 40.0 Å². The lowest BCUT2D eigenvalue weighted by Crippen LogP contribution is -2.26. The molecule has 0 aliphatic carbocycles. The summed E-state index contributed by atoms with van der Waals surface area (Å²) in [7, 11) is 0. The van der Waals surface area contributed by atoms with E-state index in [0.717, 1.165) is 6.54 Å². The van der Waals surface area contributed by atoms with Gasteiger partial charge in [0, 0.05) is 17.1 Å². The maximum absolute atomic E-state index is 13.6. The van der Waals surface area contributed by atoms with Crippen molar-refractivity contribution in [1.29, 1.82) is 0 Å². The van der Waals surface area contributed by atoms with Crippen molar-refractivity contribution < 1.29 is 9.13 Å². The van der Waals surface area contributed by atoms with Crippen molar-refractivity contribution in [3.8, 4) is 0 Å². The van der Waals surface area contributed by atoms with E-state index in [1.54, 1.807) is 6.07 Å². The molecule has 0 heterocycles. The van der Waals surface area contributed by atoms with Gasteiger partial charge in [0.2, 0.25) is 0 Å². The van der Waals surface area contributed by atoms with Gasteiger partial charge in [-0.3, -0.25) is 0 Å². The Morgan fingerprint density at radius 2 is 2.11 bits per heavy atom. The van der Waals surface area contributed by atoms with Crippen LogP contribution in [0.15, 0.2) is 16.6 Å². The lowest BCUT2D eigenvalue weighted by Gasteiger charge is -2.09. The summed E-state index contributed by atoms with van der Waals surface area (Å²) in [5, 5.41) is 3.77. The van der Waals surface area contributed by atoms with E-state index in [1.165, 1.54) is 6.07 Å². The molecular weight excluding hydrogens is 321 g/mol. The number of hydrogen-bond acceptors (Lipinski definition) is 2. The maximum Gasteiger partial charge on any atom is 0.127 e. The summed E-state index contributed by atoms with van der Waals surface area (Å²) in [4.78, 5) is 0. The number of ether oxygens (including phenoxy) is 1. The number of benzene rings is 1. The van der Waals surface area contributed by atoms with Gasteiger partial charge in [-0.25, -0.2) is 4.39 Å². The summed E-state index contributed by atoms with van der Waals surface area (Å²) in [6.07, 6.45) is 0.528. The molecule has 1 aromatic carbocycles. The first kappa shape index (κ1) is 15.9. The number of hydrogen-bond donors (Lipinski definition) is 1. The number of rotatable bonds is 7. The minimum atomic E-state index is -0.254. The molecule has 0 radical (unpaired) electrons. The highest BCUT2D eigenvalue weighted by molar-refractivity contribution is 9.10. The van der Waals surface area contributed by atoms with Gasteiger partial charge in [0.1, 0.15) is 5.82 Å². The molecule has 2 nitrogen and oxygen atoms in total. The molecule has 0 bridgehead atoms. The first-order valence-electron chi connectivity index (χ1n) is 5.95. The SMILES string of the molecule is CC(C)NCCOCCc1cc(Cl)c(Br)cc1F. The minimum absolute atomic E-state index is 0.254. The molecule has 18 heavy (non-hydrogen) atoms. The molecule has 0 saturated carbocycles. The summed E-state index contributed by atoms with van der Waals surface area (Å²) in [5.74, 6) is -0.254. The van der Waals surface area contributed by atoms with E-state index in [-0.39, 0.29) is 5.82 Å². The van der Waals surface area contributed by atoms with Crippen LogP contribution >= 0.6 is 27.5 Å². The van der Waals surface area contributed by atoms with Gasteiger partial charge in [-0.2, -0.15) is 0 Å². The molecule has 0 amide bonds. The molecule has 0 spiro atoms. The summed E-state index contributed by atoms with van der Waals surface area (Å²) in [6, 6.07) is 3.48. The molecular formula is C13H18BrClFNO. The topological polar surface area (TPSA) is 21.3 Å². The van der Waals surface area contributed by atoms with Crippen molar-refractivity contribution >= 4 is 27.5 Å². The van der Waals surface area contributed by atoms with Crippen LogP contribution in [-0.2, 0) is 11.2 Å². The molecule has 1 N–H and O–H groups in total. The summed E-state index contributed by atoms with van der Waals surface area (Å²) in [6.45, 7) is 6.10. The zero-order chi connectivity index (χ0) is 13.5. The van der Waals surface area contributed by atoms with Crippen molar-refractivity contribution in [3.05, 3.63) is 33.0 Å². The summed E-state index contributed by atoms with van der Waals surface area (Å²) in [5.41, 5.74) is 0.583. The second-order valence-corrected chi connectivity index (χ2v) is 5.59. The fourth-order valence-electron chi connectivity index (χ4n) is 1.46. The normalized spacial score (nSPS) is 11.2. The molecule has 0 fully saturated rings. The van der Waals surface area contributed by atoms with E-state index in [1.807, 2.05) is 0 Å². The fourth-order valence-corrected chi connectivity index (χ4v) is 1.96. The third-order valence-electron chi connectivity index (χ3n) is 2.40. The number of nitrogens with one attached hydrogen (secondary N) is 1. The molecule has 1 aromatic rings. The molecule has 5 heteroatoms. The van der Waals surface area contributed by atoms with Crippen LogP contribution in [0.1, 0.15) is 19.4 Å². The van der Waals surface area contributed by atoms with Gasteiger partial charge in [0.25, 0.3) is 0 Å². The molecule has 0 aliphatic rings. The summed E-state index contributed by atoms with van der Waals surface area (Å²) >= 11 is 9.10. The largest absolute Gasteiger partial charge is 0.380 e. The Labute approximate surface area is 121 Å². The third-order valence-corrected chi connectivity index (χ3v) is 3.60. The predicted molar refractivity (Wildman–Crippen MR) is 76.8 cm³/mol. The highest BCUT2D eigenvalue weighted by atomic mass is 79.9. The van der Waals surface area contributed by atoms with Crippen molar-refractivity contribution in [2.24, 2.45) is 0 Å². The van der Waals surface area contributed by atoms with Crippen molar-refractivity contribution in [2.75, 3.05) is 19.8 Å². The molecule has 0 atom stereocenters. The lowest BCUT2D eigenvalue weighted by molar-refractivity contribution is 0.137. The standard InChI is InChI=1S/C13H18BrClFNO/c1-9(2)17-4-6-18-5-3-10-7-12(15)11(14)8-13(10)16/h7-9,17H,3-6H2,1-2H3. The van der Waals surface area contributed by atoms with Crippen LogP contribution in [0.5, 0.6) is 0 Å². The van der Waals surface area contributed by atoms with E-state index >= 15 is 0 Å². The minimum Gasteiger partial charge on any atom is -0.380 e. The van der Waals surface area contributed by atoms with Crippen molar-refractivity contribution in [1.82, 2.24) is 5.32 Å². The van der Waals surface area contributed by atoms with Crippen LogP contribution in [0.3, 0.4) is 0 Å². The molecule has 0 aromatic heterocycles. The zero-order valence-corrected chi connectivity index (χ0v) is 12.9. The van der Waals surface area contributed by atoms with Crippen molar-refractivity contribution in [3.63, 3.8) is 0 Å². The lowest BCUT2D eigenvalue weighted by atomic mass is 10.1. The maximum atomic E-state index is 13.6. The Bertz CT molecular complexity index is 387. The molecule has 102 valence electrons. The zero-order valence-electron chi connectivity index (χ0n) is 10.6. The highest BCUT2D eigenvalue weighted by Gasteiger charge is 2.06. The quantitative estimate of drug-likeness (QED) is 0.603. The van der Waals surface area contributed by atoms with E-state index in [0.29, 0.717) is 40.7 Å². The first-order chi connectivity index (χ1) is 8.50. The van der Waals surface area contributed by atoms with Crippen LogP contribution in [-0.4, -0.2) is 25.8 Å². The Balaban J connectivity index is 2.29. The predicted octanol–water partition coefficient (Wildman–Crippen LogP) is 3.80. The third kappa shape index (κ3) is 5.65. The summed E-state index contributed by atoms with van der Waals surface area (Å²) < 4.78 is 19.6. The fraction of sp³-hybridized carbons (Fsp3) is 0.538. The van der Waals surface area contributed by atoms with Crippen LogP contribution < -0.4 is 5.32 Å².